The summed E-state index contributed by atoms with van der Waals surface area (Å²) in [6.45, 7) is 4.20. The standard InChI is InChI=1S/C13H20N2O4S.ClH/c1-3-13(4-2,8-14)15-20(16,17)10-5-6-11-12(7-10)19-9-18-11;/h5-7,15H,3-4,8-9,14H2,1-2H3;1H. The Labute approximate surface area is 131 Å². The molecular formula is C13H21ClN2O4S. The first kappa shape index (κ1) is 18.0. The fourth-order valence-corrected chi connectivity index (χ4v) is 3.68. The second kappa shape index (κ2) is 6.83. The summed E-state index contributed by atoms with van der Waals surface area (Å²) in [5, 5.41) is 0. The van der Waals surface area contributed by atoms with Gasteiger partial charge in [0.15, 0.2) is 11.5 Å². The van der Waals surface area contributed by atoms with Crippen LogP contribution in [0, 0.1) is 0 Å². The molecule has 21 heavy (non-hydrogen) atoms. The zero-order valence-corrected chi connectivity index (χ0v) is 13.7. The molecule has 0 aliphatic carbocycles. The average Bonchev–Trinajstić information content (AvgIpc) is 2.92. The van der Waals surface area contributed by atoms with Crippen LogP contribution in [-0.2, 0) is 10.0 Å². The highest BCUT2D eigenvalue weighted by Crippen LogP contribution is 2.34. The van der Waals surface area contributed by atoms with Gasteiger partial charge in [0.05, 0.1) is 4.90 Å². The quantitative estimate of drug-likeness (QED) is 0.824. The third kappa shape index (κ3) is 3.60. The van der Waals surface area contributed by atoms with Crippen molar-refractivity contribution in [3.05, 3.63) is 18.2 Å². The van der Waals surface area contributed by atoms with E-state index in [0.29, 0.717) is 24.3 Å². The molecule has 1 aromatic carbocycles. The zero-order valence-electron chi connectivity index (χ0n) is 12.1. The number of sulfonamides is 1. The Kier molecular flexibility index (Phi) is 5.86. The highest BCUT2D eigenvalue weighted by atomic mass is 35.5. The zero-order chi connectivity index (χ0) is 14.8. The van der Waals surface area contributed by atoms with Crippen LogP contribution in [0.5, 0.6) is 11.5 Å². The largest absolute Gasteiger partial charge is 0.454 e. The minimum atomic E-state index is -3.64. The van der Waals surface area contributed by atoms with Crippen molar-refractivity contribution in [3.8, 4) is 11.5 Å². The van der Waals surface area contributed by atoms with Crippen molar-refractivity contribution in [2.75, 3.05) is 13.3 Å². The summed E-state index contributed by atoms with van der Waals surface area (Å²) < 4.78 is 38.0. The van der Waals surface area contributed by atoms with Crippen molar-refractivity contribution in [1.29, 1.82) is 0 Å². The molecule has 0 amide bonds. The molecule has 0 saturated carbocycles. The highest BCUT2D eigenvalue weighted by Gasteiger charge is 2.31. The summed E-state index contributed by atoms with van der Waals surface area (Å²) in [6.07, 6.45) is 1.26. The van der Waals surface area contributed by atoms with Crippen molar-refractivity contribution < 1.29 is 17.9 Å². The van der Waals surface area contributed by atoms with E-state index in [-0.39, 0.29) is 30.6 Å². The Balaban J connectivity index is 0.00000220. The molecule has 0 radical (unpaired) electrons. The molecule has 0 bridgehead atoms. The fraction of sp³-hybridized carbons (Fsp3) is 0.538. The van der Waals surface area contributed by atoms with E-state index >= 15 is 0 Å². The van der Waals surface area contributed by atoms with E-state index in [2.05, 4.69) is 4.72 Å². The van der Waals surface area contributed by atoms with Crippen molar-refractivity contribution in [2.45, 2.75) is 37.1 Å². The molecule has 0 saturated heterocycles. The minimum Gasteiger partial charge on any atom is -0.454 e. The van der Waals surface area contributed by atoms with Crippen LogP contribution in [-0.4, -0.2) is 27.3 Å². The molecule has 1 heterocycles. The van der Waals surface area contributed by atoms with Gasteiger partial charge in [0.25, 0.3) is 0 Å². The number of hydrogen-bond acceptors (Lipinski definition) is 5. The predicted molar refractivity (Wildman–Crippen MR) is 82.5 cm³/mol. The number of rotatable bonds is 6. The van der Waals surface area contributed by atoms with Crippen LogP contribution in [0.4, 0.5) is 0 Å². The van der Waals surface area contributed by atoms with Crippen molar-refractivity contribution >= 4 is 22.4 Å². The number of nitrogens with two attached hydrogens (primary N) is 1. The van der Waals surface area contributed by atoms with E-state index in [0.717, 1.165) is 0 Å². The monoisotopic (exact) mass is 336 g/mol. The molecule has 0 aromatic heterocycles. The first-order valence-electron chi connectivity index (χ1n) is 6.60. The van der Waals surface area contributed by atoms with Gasteiger partial charge in [-0.2, -0.15) is 0 Å². The lowest BCUT2D eigenvalue weighted by atomic mass is 9.95. The second-order valence-electron chi connectivity index (χ2n) is 4.81. The smallest absolute Gasteiger partial charge is 0.241 e. The molecule has 0 fully saturated rings. The maximum absolute atomic E-state index is 12.5. The molecule has 1 aromatic rings. The summed E-state index contributed by atoms with van der Waals surface area (Å²) in [4.78, 5) is 0.154. The van der Waals surface area contributed by atoms with E-state index in [4.69, 9.17) is 15.2 Å². The lowest BCUT2D eigenvalue weighted by Gasteiger charge is -2.31. The molecule has 6 nitrogen and oxygen atoms in total. The Bertz CT molecular complexity index is 580. The number of benzene rings is 1. The van der Waals surface area contributed by atoms with Gasteiger partial charge < -0.3 is 15.2 Å². The van der Waals surface area contributed by atoms with Crippen LogP contribution < -0.4 is 19.9 Å². The Morgan fingerprint density at radius 1 is 1.24 bits per heavy atom. The average molecular weight is 337 g/mol. The number of fused-ring (bicyclic) bond motifs is 1. The van der Waals surface area contributed by atoms with Gasteiger partial charge in [0, 0.05) is 18.2 Å². The Morgan fingerprint density at radius 2 is 1.86 bits per heavy atom. The predicted octanol–water partition coefficient (Wildman–Crippen LogP) is 1.63. The molecular weight excluding hydrogens is 316 g/mol. The first-order chi connectivity index (χ1) is 9.46. The van der Waals surface area contributed by atoms with Gasteiger partial charge in [-0.15, -0.1) is 12.4 Å². The maximum atomic E-state index is 12.5. The number of nitrogens with one attached hydrogen (secondary N) is 1. The molecule has 0 atom stereocenters. The van der Waals surface area contributed by atoms with Crippen LogP contribution in [0.2, 0.25) is 0 Å². The maximum Gasteiger partial charge on any atom is 0.241 e. The summed E-state index contributed by atoms with van der Waals surface area (Å²) in [5.74, 6) is 0.999. The molecule has 1 aliphatic heterocycles. The van der Waals surface area contributed by atoms with Crippen LogP contribution in [0.1, 0.15) is 26.7 Å². The SMILES string of the molecule is CCC(CC)(CN)NS(=O)(=O)c1ccc2c(c1)OCO2.Cl. The van der Waals surface area contributed by atoms with Gasteiger partial charge in [-0.3, -0.25) is 0 Å². The Morgan fingerprint density at radius 3 is 2.43 bits per heavy atom. The van der Waals surface area contributed by atoms with Gasteiger partial charge >= 0.3 is 0 Å². The van der Waals surface area contributed by atoms with E-state index in [1.165, 1.54) is 12.1 Å². The third-order valence-electron chi connectivity index (χ3n) is 3.75. The molecule has 2 rings (SSSR count). The first-order valence-corrected chi connectivity index (χ1v) is 8.08. The normalized spacial score (nSPS) is 13.9. The summed E-state index contributed by atoms with van der Waals surface area (Å²) >= 11 is 0. The van der Waals surface area contributed by atoms with E-state index < -0.39 is 15.6 Å². The van der Waals surface area contributed by atoms with Gasteiger partial charge in [-0.1, -0.05) is 13.8 Å². The van der Waals surface area contributed by atoms with Crippen molar-refractivity contribution in [3.63, 3.8) is 0 Å². The molecule has 120 valence electrons. The van der Waals surface area contributed by atoms with E-state index in [1.807, 2.05) is 13.8 Å². The highest BCUT2D eigenvalue weighted by molar-refractivity contribution is 7.89. The molecule has 0 spiro atoms. The van der Waals surface area contributed by atoms with Crippen LogP contribution >= 0.6 is 12.4 Å². The summed E-state index contributed by atoms with van der Waals surface area (Å²) in [7, 11) is -3.64. The number of halogens is 1. The van der Waals surface area contributed by atoms with Gasteiger partial charge in [-0.05, 0) is 25.0 Å². The van der Waals surface area contributed by atoms with E-state index in [1.54, 1.807) is 6.07 Å². The van der Waals surface area contributed by atoms with Gasteiger partial charge in [-0.25, -0.2) is 13.1 Å². The van der Waals surface area contributed by atoms with Crippen molar-refractivity contribution in [2.24, 2.45) is 5.73 Å². The number of ether oxygens (including phenoxy) is 2. The third-order valence-corrected chi connectivity index (χ3v) is 5.33. The summed E-state index contributed by atoms with van der Waals surface area (Å²) in [6, 6.07) is 4.57. The van der Waals surface area contributed by atoms with Gasteiger partial charge in [0.1, 0.15) is 0 Å². The molecule has 8 heteroatoms. The van der Waals surface area contributed by atoms with Gasteiger partial charge in [0.2, 0.25) is 16.8 Å². The molecule has 3 N–H and O–H groups in total. The fourth-order valence-electron chi connectivity index (χ4n) is 2.11. The van der Waals surface area contributed by atoms with Crippen LogP contribution in [0.15, 0.2) is 23.1 Å². The minimum absolute atomic E-state index is 0. The lowest BCUT2D eigenvalue weighted by Crippen LogP contribution is -2.52. The van der Waals surface area contributed by atoms with Crippen molar-refractivity contribution in [1.82, 2.24) is 4.72 Å². The molecule has 0 unspecified atom stereocenters. The topological polar surface area (TPSA) is 90.7 Å². The Hall–Kier alpha value is -1.02. The molecule has 1 aliphatic rings. The summed E-state index contributed by atoms with van der Waals surface area (Å²) in [5.41, 5.74) is 5.12. The second-order valence-corrected chi connectivity index (χ2v) is 6.49. The van der Waals surface area contributed by atoms with E-state index in [9.17, 15) is 8.42 Å². The van der Waals surface area contributed by atoms with Crippen LogP contribution in [0.3, 0.4) is 0 Å². The van der Waals surface area contributed by atoms with Crippen LogP contribution in [0.25, 0.3) is 0 Å². The number of hydrogen-bond donors (Lipinski definition) is 2. The lowest BCUT2D eigenvalue weighted by molar-refractivity contribution is 0.174.